The first kappa shape index (κ1) is 15.3. The lowest BCUT2D eigenvalue weighted by Gasteiger charge is -2.15. The van der Waals surface area contributed by atoms with E-state index in [1.54, 1.807) is 0 Å². The van der Waals surface area contributed by atoms with Crippen molar-refractivity contribution in [1.29, 1.82) is 0 Å². The van der Waals surface area contributed by atoms with Crippen LogP contribution < -0.4 is 5.32 Å². The van der Waals surface area contributed by atoms with Crippen molar-refractivity contribution < 1.29 is 19.4 Å². The molecule has 2 aliphatic carbocycles. The fourth-order valence-electron chi connectivity index (χ4n) is 2.91. The number of amides is 1. The van der Waals surface area contributed by atoms with Crippen LogP contribution in [0.4, 0.5) is 0 Å². The molecule has 2 N–H and O–H groups in total. The Balaban J connectivity index is 1.61. The van der Waals surface area contributed by atoms with Gasteiger partial charge in [-0.3, -0.25) is 9.59 Å². The number of hydrogen-bond donors (Lipinski definition) is 2. The van der Waals surface area contributed by atoms with Crippen molar-refractivity contribution >= 4 is 11.9 Å². The molecule has 3 atom stereocenters. The average Bonchev–Trinajstić information content (AvgIpc) is 3.13. The molecule has 0 aromatic rings. The Kier molecular flexibility index (Phi) is 5.40. The van der Waals surface area contributed by atoms with Gasteiger partial charge in [-0.2, -0.15) is 0 Å². The van der Waals surface area contributed by atoms with Gasteiger partial charge in [0, 0.05) is 19.8 Å². The highest BCUT2D eigenvalue weighted by Gasteiger charge is 2.40. The van der Waals surface area contributed by atoms with E-state index in [-0.39, 0.29) is 11.8 Å². The van der Waals surface area contributed by atoms with Gasteiger partial charge in [0.05, 0.1) is 11.8 Å². The largest absolute Gasteiger partial charge is 0.481 e. The Labute approximate surface area is 120 Å². The van der Waals surface area contributed by atoms with E-state index in [4.69, 9.17) is 9.84 Å². The van der Waals surface area contributed by atoms with Crippen LogP contribution in [0.15, 0.2) is 0 Å². The second-order valence-corrected chi connectivity index (χ2v) is 6.29. The van der Waals surface area contributed by atoms with Crippen molar-refractivity contribution in [3.05, 3.63) is 0 Å². The second-order valence-electron chi connectivity index (χ2n) is 6.29. The van der Waals surface area contributed by atoms with Gasteiger partial charge in [-0.25, -0.2) is 0 Å². The van der Waals surface area contributed by atoms with Crippen molar-refractivity contribution in [3.8, 4) is 0 Å². The number of ether oxygens (including phenoxy) is 1. The lowest BCUT2D eigenvalue weighted by atomic mass is 9.95. The van der Waals surface area contributed by atoms with Crippen LogP contribution in [0.3, 0.4) is 0 Å². The maximum Gasteiger partial charge on any atom is 0.307 e. The molecular formula is C15H25NO4. The van der Waals surface area contributed by atoms with Crippen molar-refractivity contribution in [1.82, 2.24) is 5.32 Å². The number of carbonyl (C=O) groups is 2. The summed E-state index contributed by atoms with van der Waals surface area (Å²) >= 11 is 0. The molecule has 0 saturated heterocycles. The topological polar surface area (TPSA) is 75.6 Å². The molecular weight excluding hydrogens is 258 g/mol. The molecule has 20 heavy (non-hydrogen) atoms. The van der Waals surface area contributed by atoms with E-state index in [0.717, 1.165) is 18.9 Å². The Morgan fingerprint density at radius 2 is 1.95 bits per heavy atom. The highest BCUT2D eigenvalue weighted by atomic mass is 16.5. The summed E-state index contributed by atoms with van der Waals surface area (Å²) in [7, 11) is 0. The number of rotatable bonds is 8. The van der Waals surface area contributed by atoms with E-state index in [2.05, 4.69) is 5.32 Å². The summed E-state index contributed by atoms with van der Waals surface area (Å²) in [5, 5.41) is 12.0. The summed E-state index contributed by atoms with van der Waals surface area (Å²) in [5.41, 5.74) is 0. The molecule has 0 aromatic carbocycles. The van der Waals surface area contributed by atoms with Gasteiger partial charge in [-0.15, -0.1) is 0 Å². The third-order valence-electron chi connectivity index (χ3n) is 4.27. The average molecular weight is 283 g/mol. The molecule has 0 spiro atoms. The SMILES string of the molecule is CC1C[C@H](C(=O)NCCCOCC2CC2)[C@H](C(=O)O)C1. The van der Waals surface area contributed by atoms with Crippen LogP contribution in [-0.2, 0) is 14.3 Å². The molecule has 2 saturated carbocycles. The van der Waals surface area contributed by atoms with E-state index in [9.17, 15) is 9.59 Å². The zero-order valence-corrected chi connectivity index (χ0v) is 12.1. The van der Waals surface area contributed by atoms with Crippen molar-refractivity contribution in [3.63, 3.8) is 0 Å². The number of aliphatic carboxylic acids is 1. The van der Waals surface area contributed by atoms with Crippen LogP contribution in [0.5, 0.6) is 0 Å². The highest BCUT2D eigenvalue weighted by Crippen LogP contribution is 2.36. The van der Waals surface area contributed by atoms with Crippen LogP contribution in [0, 0.1) is 23.7 Å². The predicted octanol–water partition coefficient (Wildman–Crippen LogP) is 1.67. The molecule has 1 amide bonds. The monoisotopic (exact) mass is 283 g/mol. The number of carboxylic acids is 1. The van der Waals surface area contributed by atoms with Gasteiger partial charge >= 0.3 is 5.97 Å². The minimum atomic E-state index is -0.845. The fourth-order valence-corrected chi connectivity index (χ4v) is 2.91. The molecule has 1 unspecified atom stereocenters. The van der Waals surface area contributed by atoms with E-state index < -0.39 is 11.9 Å². The summed E-state index contributed by atoms with van der Waals surface area (Å²) in [5.74, 6) is -0.758. The second kappa shape index (κ2) is 7.07. The maximum absolute atomic E-state index is 12.0. The summed E-state index contributed by atoms with van der Waals surface area (Å²) in [6.07, 6.45) is 4.65. The molecule has 5 nitrogen and oxygen atoms in total. The molecule has 0 aromatic heterocycles. The van der Waals surface area contributed by atoms with E-state index >= 15 is 0 Å². The van der Waals surface area contributed by atoms with Gasteiger partial charge in [0.15, 0.2) is 0 Å². The lowest BCUT2D eigenvalue weighted by molar-refractivity contribution is -0.146. The van der Waals surface area contributed by atoms with E-state index in [1.807, 2.05) is 6.92 Å². The molecule has 2 aliphatic rings. The Morgan fingerprint density at radius 3 is 2.60 bits per heavy atom. The van der Waals surface area contributed by atoms with Gasteiger partial charge in [-0.1, -0.05) is 6.92 Å². The third kappa shape index (κ3) is 4.47. The molecule has 0 heterocycles. The van der Waals surface area contributed by atoms with Gasteiger partial charge in [0.2, 0.25) is 5.91 Å². The summed E-state index contributed by atoms with van der Waals surface area (Å²) < 4.78 is 5.50. The van der Waals surface area contributed by atoms with Crippen molar-refractivity contribution in [2.75, 3.05) is 19.8 Å². The Hall–Kier alpha value is -1.10. The summed E-state index contributed by atoms with van der Waals surface area (Å²) in [6.45, 7) is 4.09. The highest BCUT2D eigenvalue weighted by molar-refractivity contribution is 5.85. The minimum Gasteiger partial charge on any atom is -0.481 e. The zero-order valence-electron chi connectivity index (χ0n) is 12.1. The number of hydrogen-bond acceptors (Lipinski definition) is 3. The molecule has 2 rings (SSSR count). The van der Waals surface area contributed by atoms with E-state index in [0.29, 0.717) is 31.9 Å². The Morgan fingerprint density at radius 1 is 1.25 bits per heavy atom. The molecule has 0 radical (unpaired) electrons. The number of carboxylic acid groups (broad SMARTS) is 1. The summed E-state index contributed by atoms with van der Waals surface area (Å²) in [4.78, 5) is 23.2. The third-order valence-corrected chi connectivity index (χ3v) is 4.27. The fraction of sp³-hybridized carbons (Fsp3) is 0.867. The van der Waals surface area contributed by atoms with Crippen LogP contribution in [0.2, 0.25) is 0 Å². The predicted molar refractivity (Wildman–Crippen MR) is 74.2 cm³/mol. The van der Waals surface area contributed by atoms with Crippen LogP contribution in [-0.4, -0.2) is 36.7 Å². The van der Waals surface area contributed by atoms with Gasteiger partial charge < -0.3 is 15.2 Å². The number of carbonyl (C=O) groups excluding carboxylic acids is 1. The number of nitrogens with one attached hydrogen (secondary N) is 1. The molecule has 2 fully saturated rings. The molecule has 114 valence electrons. The molecule has 0 bridgehead atoms. The van der Waals surface area contributed by atoms with E-state index in [1.165, 1.54) is 12.8 Å². The lowest BCUT2D eigenvalue weighted by Crippen LogP contribution is -2.36. The standard InChI is InChI=1S/C15H25NO4/c1-10-7-12(13(8-10)15(18)19)14(17)16-5-2-6-20-9-11-3-4-11/h10-13H,2-9H2,1H3,(H,16,17)(H,18,19)/t10?,12-,13+/m0/s1. The van der Waals surface area contributed by atoms with Crippen LogP contribution in [0.25, 0.3) is 0 Å². The first-order valence-electron chi connectivity index (χ1n) is 7.66. The van der Waals surface area contributed by atoms with Gasteiger partial charge in [-0.05, 0) is 43.9 Å². The van der Waals surface area contributed by atoms with Gasteiger partial charge in [0.25, 0.3) is 0 Å². The summed E-state index contributed by atoms with van der Waals surface area (Å²) in [6, 6.07) is 0. The Bertz CT molecular complexity index is 354. The van der Waals surface area contributed by atoms with Crippen LogP contribution >= 0.6 is 0 Å². The minimum absolute atomic E-state index is 0.107. The van der Waals surface area contributed by atoms with Crippen molar-refractivity contribution in [2.24, 2.45) is 23.7 Å². The first-order valence-corrected chi connectivity index (χ1v) is 7.66. The van der Waals surface area contributed by atoms with Crippen LogP contribution in [0.1, 0.15) is 39.0 Å². The zero-order chi connectivity index (χ0) is 14.5. The normalized spacial score (nSPS) is 29.4. The quantitative estimate of drug-likeness (QED) is 0.664. The molecule has 5 heteroatoms. The molecule has 0 aliphatic heterocycles. The first-order chi connectivity index (χ1) is 9.58. The van der Waals surface area contributed by atoms with Gasteiger partial charge in [0.1, 0.15) is 0 Å². The van der Waals surface area contributed by atoms with Crippen molar-refractivity contribution in [2.45, 2.75) is 39.0 Å². The smallest absolute Gasteiger partial charge is 0.307 e. The maximum atomic E-state index is 12.0.